The molecule has 0 aliphatic heterocycles. The molecule has 0 fully saturated rings. The smallest absolute Gasteiger partial charge is 0.306 e. The number of amides is 2. The van der Waals surface area contributed by atoms with Crippen molar-refractivity contribution in [3.05, 3.63) is 82.4 Å². The molecule has 0 saturated heterocycles. The van der Waals surface area contributed by atoms with Crippen molar-refractivity contribution < 1.29 is 23.9 Å². The Labute approximate surface area is 209 Å². The maximum absolute atomic E-state index is 12.2. The van der Waals surface area contributed by atoms with Crippen LogP contribution in [0, 0.1) is 20.8 Å². The summed E-state index contributed by atoms with van der Waals surface area (Å²) in [4.78, 5) is 36.1. The molecular formula is C27H27ClN2O5. The van der Waals surface area contributed by atoms with Crippen molar-refractivity contribution in [2.75, 3.05) is 17.2 Å². The van der Waals surface area contributed by atoms with Crippen LogP contribution < -0.4 is 15.4 Å². The summed E-state index contributed by atoms with van der Waals surface area (Å²) in [6.07, 6.45) is -0.225. The van der Waals surface area contributed by atoms with E-state index in [9.17, 15) is 14.4 Å². The predicted molar refractivity (Wildman–Crippen MR) is 136 cm³/mol. The van der Waals surface area contributed by atoms with Crippen LogP contribution >= 0.6 is 11.6 Å². The summed E-state index contributed by atoms with van der Waals surface area (Å²) in [5.41, 5.74) is 4.02. The normalized spacial score (nSPS) is 10.4. The molecule has 0 radical (unpaired) electrons. The van der Waals surface area contributed by atoms with Crippen molar-refractivity contribution in [1.29, 1.82) is 0 Å². The first kappa shape index (κ1) is 25.8. The summed E-state index contributed by atoms with van der Waals surface area (Å²) in [7, 11) is 0. The summed E-state index contributed by atoms with van der Waals surface area (Å²) >= 11 is 5.93. The Morgan fingerprint density at radius 3 is 2.17 bits per heavy atom. The third-order valence-electron chi connectivity index (χ3n) is 5.16. The third kappa shape index (κ3) is 7.86. The second-order valence-electron chi connectivity index (χ2n) is 8.06. The Hall–Kier alpha value is -3.84. The predicted octanol–water partition coefficient (Wildman–Crippen LogP) is 5.96. The van der Waals surface area contributed by atoms with Crippen LogP contribution in [0.4, 0.5) is 11.4 Å². The first-order valence-corrected chi connectivity index (χ1v) is 11.4. The zero-order valence-corrected chi connectivity index (χ0v) is 20.6. The lowest BCUT2D eigenvalue weighted by atomic mass is 10.1. The van der Waals surface area contributed by atoms with Crippen LogP contribution in [0.15, 0.2) is 60.7 Å². The molecule has 0 unspecified atom stereocenters. The number of carbonyl (C=O) groups excluding carboxylic acids is 3. The van der Waals surface area contributed by atoms with Gasteiger partial charge >= 0.3 is 5.97 Å². The second-order valence-corrected chi connectivity index (χ2v) is 8.50. The molecule has 35 heavy (non-hydrogen) atoms. The number of hydrogen-bond acceptors (Lipinski definition) is 5. The first-order valence-electron chi connectivity index (χ1n) is 11.1. The Bertz CT molecular complexity index is 1200. The van der Waals surface area contributed by atoms with E-state index in [0.717, 1.165) is 22.4 Å². The van der Waals surface area contributed by atoms with E-state index in [4.69, 9.17) is 21.1 Å². The largest absolute Gasteiger partial charge is 0.457 e. The van der Waals surface area contributed by atoms with Crippen molar-refractivity contribution >= 4 is 40.8 Å². The minimum Gasteiger partial charge on any atom is -0.457 e. The number of anilines is 2. The first-order chi connectivity index (χ1) is 16.7. The van der Waals surface area contributed by atoms with E-state index in [0.29, 0.717) is 22.1 Å². The molecule has 3 aromatic carbocycles. The minimum atomic E-state index is -0.643. The zero-order valence-electron chi connectivity index (χ0n) is 19.8. The van der Waals surface area contributed by atoms with Gasteiger partial charge in [0.05, 0.1) is 6.42 Å². The van der Waals surface area contributed by atoms with Crippen LogP contribution in [0.25, 0.3) is 0 Å². The monoisotopic (exact) mass is 494 g/mol. The minimum absolute atomic E-state index is 0.0749. The fourth-order valence-electron chi connectivity index (χ4n) is 3.26. The molecular weight excluding hydrogens is 468 g/mol. The van der Waals surface area contributed by atoms with Crippen molar-refractivity contribution in [3.63, 3.8) is 0 Å². The molecule has 2 amide bonds. The molecule has 0 aromatic heterocycles. The number of hydrogen-bond donors (Lipinski definition) is 2. The van der Waals surface area contributed by atoms with Gasteiger partial charge in [0.2, 0.25) is 5.91 Å². The number of rotatable bonds is 9. The van der Waals surface area contributed by atoms with Gasteiger partial charge in [0, 0.05) is 22.8 Å². The summed E-state index contributed by atoms with van der Waals surface area (Å²) in [5, 5.41) is 5.85. The third-order valence-corrected chi connectivity index (χ3v) is 5.40. The standard InChI is InChI=1S/C27H27ClN2O5/c1-17-7-8-20(28)15-23(17)30-25(32)16-34-26(33)14-13-24(31)29-21-9-11-22(12-10-21)35-27-18(2)5-4-6-19(27)3/h4-12,15H,13-14,16H2,1-3H3,(H,29,31)(H,30,32). The van der Waals surface area contributed by atoms with Crippen molar-refractivity contribution in [2.24, 2.45) is 0 Å². The number of carbonyl (C=O) groups is 3. The van der Waals surface area contributed by atoms with E-state index in [-0.39, 0.29) is 18.7 Å². The lowest BCUT2D eigenvalue weighted by Gasteiger charge is -2.12. The molecule has 0 heterocycles. The summed E-state index contributed by atoms with van der Waals surface area (Å²) < 4.78 is 10.9. The van der Waals surface area contributed by atoms with Gasteiger partial charge < -0.3 is 20.1 Å². The molecule has 0 aliphatic rings. The number of ether oxygens (including phenoxy) is 2. The zero-order chi connectivity index (χ0) is 25.4. The van der Waals surface area contributed by atoms with Crippen LogP contribution in [0.1, 0.15) is 29.5 Å². The lowest BCUT2D eigenvalue weighted by molar-refractivity contribution is -0.147. The Kier molecular flexibility index (Phi) is 8.86. The Morgan fingerprint density at radius 2 is 1.49 bits per heavy atom. The van der Waals surface area contributed by atoms with E-state index < -0.39 is 18.5 Å². The maximum Gasteiger partial charge on any atom is 0.306 e. The number of aryl methyl sites for hydroxylation is 3. The van der Waals surface area contributed by atoms with Crippen molar-refractivity contribution in [1.82, 2.24) is 0 Å². The van der Waals surface area contributed by atoms with Crippen LogP contribution in [-0.2, 0) is 19.1 Å². The SMILES string of the molecule is Cc1ccc(Cl)cc1NC(=O)COC(=O)CCC(=O)Nc1ccc(Oc2c(C)cccc2C)cc1. The van der Waals surface area contributed by atoms with Crippen molar-refractivity contribution in [2.45, 2.75) is 33.6 Å². The molecule has 7 nitrogen and oxygen atoms in total. The average Bonchev–Trinajstić information content (AvgIpc) is 2.82. The molecule has 2 N–H and O–H groups in total. The highest BCUT2D eigenvalue weighted by Crippen LogP contribution is 2.29. The molecule has 0 aliphatic carbocycles. The quantitative estimate of drug-likeness (QED) is 0.358. The number of para-hydroxylation sites is 1. The fourth-order valence-corrected chi connectivity index (χ4v) is 3.43. The van der Waals surface area contributed by atoms with E-state index in [1.54, 1.807) is 42.5 Å². The average molecular weight is 495 g/mol. The van der Waals surface area contributed by atoms with Gasteiger partial charge in [0.1, 0.15) is 11.5 Å². The molecule has 0 bridgehead atoms. The number of halogens is 1. The summed E-state index contributed by atoms with van der Waals surface area (Å²) in [6.45, 7) is 5.33. The number of benzene rings is 3. The van der Waals surface area contributed by atoms with Gasteiger partial charge in [-0.25, -0.2) is 0 Å². The molecule has 3 rings (SSSR count). The topological polar surface area (TPSA) is 93.7 Å². The molecule has 0 spiro atoms. The highest BCUT2D eigenvalue weighted by Gasteiger charge is 2.12. The second kappa shape index (κ2) is 12.0. The lowest BCUT2D eigenvalue weighted by Crippen LogP contribution is -2.22. The van der Waals surface area contributed by atoms with Gasteiger partial charge in [-0.15, -0.1) is 0 Å². The molecule has 3 aromatic rings. The van der Waals surface area contributed by atoms with Gasteiger partial charge in [-0.3, -0.25) is 14.4 Å². The summed E-state index contributed by atoms with van der Waals surface area (Å²) in [6, 6.07) is 18.0. The molecule has 0 saturated carbocycles. The molecule has 182 valence electrons. The highest BCUT2D eigenvalue weighted by molar-refractivity contribution is 6.31. The van der Waals surface area contributed by atoms with Crippen LogP contribution in [0.5, 0.6) is 11.5 Å². The van der Waals surface area contributed by atoms with E-state index in [1.165, 1.54) is 0 Å². The Balaban J connectivity index is 1.40. The number of nitrogens with one attached hydrogen (secondary N) is 2. The highest BCUT2D eigenvalue weighted by atomic mass is 35.5. The van der Waals surface area contributed by atoms with Crippen LogP contribution in [0.3, 0.4) is 0 Å². The maximum atomic E-state index is 12.2. The van der Waals surface area contributed by atoms with Crippen molar-refractivity contribution in [3.8, 4) is 11.5 Å². The van der Waals surface area contributed by atoms with Gasteiger partial charge in [-0.2, -0.15) is 0 Å². The van der Waals surface area contributed by atoms with Gasteiger partial charge in [-0.1, -0.05) is 35.9 Å². The van der Waals surface area contributed by atoms with Gasteiger partial charge in [0.15, 0.2) is 6.61 Å². The molecule has 0 atom stereocenters. The van der Waals surface area contributed by atoms with Crippen LogP contribution in [0.2, 0.25) is 5.02 Å². The van der Waals surface area contributed by atoms with E-state index >= 15 is 0 Å². The number of esters is 1. The van der Waals surface area contributed by atoms with Gasteiger partial charge in [0.25, 0.3) is 5.91 Å². The van der Waals surface area contributed by atoms with Crippen LogP contribution in [-0.4, -0.2) is 24.4 Å². The molecule has 8 heteroatoms. The van der Waals surface area contributed by atoms with Gasteiger partial charge in [-0.05, 0) is 73.9 Å². The summed E-state index contributed by atoms with van der Waals surface area (Å²) in [5.74, 6) is -0.0226. The Morgan fingerprint density at radius 1 is 0.800 bits per heavy atom. The van der Waals surface area contributed by atoms with E-state index in [1.807, 2.05) is 39.0 Å². The van der Waals surface area contributed by atoms with E-state index in [2.05, 4.69) is 10.6 Å². The fraction of sp³-hybridized carbons (Fsp3) is 0.222.